The first-order valence-electron chi connectivity index (χ1n) is 14.0. The zero-order valence-corrected chi connectivity index (χ0v) is 27.0. The molecule has 0 aliphatic rings. The van der Waals surface area contributed by atoms with E-state index in [1.807, 2.05) is 0 Å². The van der Waals surface area contributed by atoms with E-state index >= 15 is 0 Å². The van der Waals surface area contributed by atoms with Crippen LogP contribution < -0.4 is 10.5 Å². The van der Waals surface area contributed by atoms with Crippen molar-refractivity contribution in [3.8, 4) is 0 Å². The number of amides is 2. The molecule has 5 aromatic rings. The average Bonchev–Trinajstić information content (AvgIpc) is 3.64. The van der Waals surface area contributed by atoms with Crippen molar-refractivity contribution in [3.63, 3.8) is 0 Å². The quantitative estimate of drug-likeness (QED) is 0.260. The van der Waals surface area contributed by atoms with Crippen molar-refractivity contribution >= 4 is 68.8 Å². The second-order valence-corrected chi connectivity index (χ2v) is 13.2. The van der Waals surface area contributed by atoms with Crippen LogP contribution in [0.3, 0.4) is 0 Å². The van der Waals surface area contributed by atoms with Crippen molar-refractivity contribution in [1.82, 2.24) is 34.1 Å². The van der Waals surface area contributed by atoms with Crippen LogP contribution in [0.1, 0.15) is 57.9 Å². The number of pyridine rings is 1. The van der Waals surface area contributed by atoms with E-state index < -0.39 is 29.5 Å². The van der Waals surface area contributed by atoms with E-state index in [1.165, 1.54) is 28.3 Å². The smallest absolute Gasteiger partial charge is 0.432 e. The minimum absolute atomic E-state index is 0.0333. The molecular formula is C30H32N8O7S. The third kappa shape index (κ3) is 6.81. The molecule has 0 spiro atoms. The van der Waals surface area contributed by atoms with Crippen LogP contribution in [0.4, 0.5) is 20.2 Å². The molecule has 0 aromatic carbocycles. The van der Waals surface area contributed by atoms with Crippen LogP contribution in [0.2, 0.25) is 0 Å². The van der Waals surface area contributed by atoms with Crippen LogP contribution in [0, 0.1) is 0 Å². The first-order valence-corrected chi connectivity index (χ1v) is 14.9. The van der Waals surface area contributed by atoms with Gasteiger partial charge in [-0.2, -0.15) is 19.8 Å². The van der Waals surface area contributed by atoms with Gasteiger partial charge in [0.1, 0.15) is 27.5 Å². The summed E-state index contributed by atoms with van der Waals surface area (Å²) in [5.74, 6) is -0.0333. The van der Waals surface area contributed by atoms with E-state index in [0.717, 1.165) is 14.3 Å². The number of ether oxygens (including phenoxy) is 2. The van der Waals surface area contributed by atoms with Gasteiger partial charge in [0.25, 0.3) is 5.56 Å². The topological polar surface area (TPSA) is 177 Å². The number of hydrogen-bond acceptors (Lipinski definition) is 11. The van der Waals surface area contributed by atoms with E-state index in [1.54, 1.807) is 89.7 Å². The fourth-order valence-corrected chi connectivity index (χ4v) is 5.40. The van der Waals surface area contributed by atoms with Crippen LogP contribution in [-0.2, 0) is 23.1 Å². The zero-order chi connectivity index (χ0) is 33.6. The number of aromatic nitrogens is 7. The molecule has 0 saturated carbocycles. The highest BCUT2D eigenvalue weighted by Gasteiger charge is 2.33. The number of carbonyl (C=O) groups excluding carboxylic acids is 2. The number of anilines is 1. The van der Waals surface area contributed by atoms with Crippen LogP contribution in [0.15, 0.2) is 41.5 Å². The average molecular weight is 649 g/mol. The summed E-state index contributed by atoms with van der Waals surface area (Å²) in [6, 6.07) is 6.29. The van der Waals surface area contributed by atoms with Gasteiger partial charge in [0.15, 0.2) is 5.65 Å². The lowest BCUT2D eigenvalue weighted by Gasteiger charge is -2.28. The van der Waals surface area contributed by atoms with Gasteiger partial charge >= 0.3 is 18.3 Å². The third-order valence-corrected chi connectivity index (χ3v) is 7.27. The third-order valence-electron chi connectivity index (χ3n) is 6.23. The molecule has 0 bridgehead atoms. The fraction of sp³-hybridized carbons (Fsp3) is 0.333. The highest BCUT2D eigenvalue weighted by atomic mass is 32.1. The molecule has 5 rings (SSSR count). The van der Waals surface area contributed by atoms with Crippen molar-refractivity contribution in [3.05, 3.63) is 63.4 Å². The summed E-state index contributed by atoms with van der Waals surface area (Å²) in [5, 5.41) is 18.6. The molecule has 0 aliphatic heterocycles. The SMILES string of the molecule is Cn1c2nc(/C=C/c3ccn(C(=O)O)n3)sc2c2cnn(Cc3cccc(N(C(=O)OC(C)(C)C)C(=O)OC(C)(C)C)n3)c(=O)c21. The number of carbonyl (C=O) groups is 3. The van der Waals surface area contributed by atoms with E-state index in [2.05, 4.69) is 20.2 Å². The van der Waals surface area contributed by atoms with Crippen molar-refractivity contribution < 1.29 is 29.0 Å². The number of carboxylic acid groups (broad SMARTS) is 1. The second kappa shape index (κ2) is 11.8. The number of fused-ring (bicyclic) bond motifs is 3. The van der Waals surface area contributed by atoms with Crippen LogP contribution >= 0.6 is 11.3 Å². The molecule has 0 saturated heterocycles. The Morgan fingerprint density at radius 3 is 2.28 bits per heavy atom. The Bertz CT molecular complexity index is 2050. The van der Waals surface area contributed by atoms with Gasteiger partial charge in [-0.25, -0.2) is 29.0 Å². The second-order valence-electron chi connectivity index (χ2n) is 12.2. The Kier molecular flexibility index (Phi) is 8.25. The molecule has 16 heteroatoms. The van der Waals surface area contributed by atoms with Gasteiger partial charge in [0.05, 0.1) is 28.8 Å². The van der Waals surface area contributed by atoms with Crippen molar-refractivity contribution in [2.45, 2.75) is 59.3 Å². The Balaban J connectivity index is 1.44. The van der Waals surface area contributed by atoms with Crippen molar-refractivity contribution in [2.24, 2.45) is 7.05 Å². The molecule has 0 aliphatic carbocycles. The summed E-state index contributed by atoms with van der Waals surface area (Å²) in [7, 11) is 1.73. The molecule has 5 heterocycles. The summed E-state index contributed by atoms with van der Waals surface area (Å²) in [4.78, 5) is 60.7. The summed E-state index contributed by atoms with van der Waals surface area (Å²) in [6.07, 6.45) is 3.20. The Labute approximate surface area is 266 Å². The number of thiazole rings is 1. The molecule has 2 amide bonds. The van der Waals surface area contributed by atoms with Crippen LogP contribution in [0.5, 0.6) is 0 Å². The van der Waals surface area contributed by atoms with Gasteiger partial charge in [0, 0.05) is 18.6 Å². The predicted octanol–water partition coefficient (Wildman–Crippen LogP) is 5.36. The van der Waals surface area contributed by atoms with Gasteiger partial charge in [-0.3, -0.25) is 4.79 Å². The first kappa shape index (κ1) is 32.0. The van der Waals surface area contributed by atoms with Gasteiger partial charge < -0.3 is 19.1 Å². The Morgan fingerprint density at radius 2 is 1.67 bits per heavy atom. The van der Waals surface area contributed by atoms with Crippen molar-refractivity contribution in [2.75, 3.05) is 4.90 Å². The molecule has 5 aromatic heterocycles. The Hall–Kier alpha value is -5.38. The van der Waals surface area contributed by atoms with Gasteiger partial charge in [-0.1, -0.05) is 6.07 Å². The lowest BCUT2D eigenvalue weighted by molar-refractivity contribution is 0.0429. The molecule has 0 unspecified atom stereocenters. The molecule has 1 N–H and O–H groups in total. The van der Waals surface area contributed by atoms with Gasteiger partial charge in [-0.05, 0) is 71.9 Å². The highest BCUT2D eigenvalue weighted by Crippen LogP contribution is 2.31. The molecular weight excluding hydrogens is 616 g/mol. The normalized spacial score (nSPS) is 12.2. The lowest BCUT2D eigenvalue weighted by Crippen LogP contribution is -2.44. The maximum Gasteiger partial charge on any atom is 0.432 e. The number of imide groups is 1. The summed E-state index contributed by atoms with van der Waals surface area (Å²) < 4.78 is 15.4. The molecule has 46 heavy (non-hydrogen) atoms. The molecule has 0 radical (unpaired) electrons. The molecule has 0 fully saturated rings. The number of nitrogens with zero attached hydrogens (tertiary/aromatic N) is 8. The monoisotopic (exact) mass is 648 g/mol. The van der Waals surface area contributed by atoms with Crippen LogP contribution in [0.25, 0.3) is 33.4 Å². The standard InChI is InChI=1S/C30H32N8O7S/c1-29(2,3)44-27(42)38(28(43)45-30(4,5)6)20-10-8-9-18(32-20)16-37-25(39)22-19(15-31-37)23-24(35(22)7)33-21(46-23)12-11-17-13-14-36(34-17)26(40)41/h8-15H,16H2,1-7H3,(H,40,41)/b12-11+. The summed E-state index contributed by atoms with van der Waals surface area (Å²) >= 11 is 1.35. The lowest BCUT2D eigenvalue weighted by atomic mass is 10.2. The van der Waals surface area contributed by atoms with E-state index in [-0.39, 0.29) is 17.9 Å². The van der Waals surface area contributed by atoms with Gasteiger partial charge in [-0.15, -0.1) is 11.3 Å². The predicted molar refractivity (Wildman–Crippen MR) is 171 cm³/mol. The number of hydrogen-bond donors (Lipinski definition) is 1. The molecule has 0 atom stereocenters. The Morgan fingerprint density at radius 1 is 1.00 bits per heavy atom. The highest BCUT2D eigenvalue weighted by molar-refractivity contribution is 7.20. The maximum atomic E-state index is 13.6. The molecule has 240 valence electrons. The summed E-state index contributed by atoms with van der Waals surface area (Å²) in [6.45, 7) is 10.0. The largest absolute Gasteiger partial charge is 0.463 e. The fourth-order valence-electron chi connectivity index (χ4n) is 4.39. The van der Waals surface area contributed by atoms with E-state index in [0.29, 0.717) is 32.9 Å². The maximum absolute atomic E-state index is 13.6. The first-order chi connectivity index (χ1) is 21.5. The van der Waals surface area contributed by atoms with Crippen molar-refractivity contribution in [1.29, 1.82) is 0 Å². The minimum Gasteiger partial charge on any atom is -0.463 e. The number of aryl methyl sites for hydroxylation is 1. The summed E-state index contributed by atoms with van der Waals surface area (Å²) in [5.41, 5.74) is -0.378. The van der Waals surface area contributed by atoms with E-state index in [4.69, 9.17) is 14.6 Å². The number of rotatable bonds is 5. The minimum atomic E-state index is -1.18. The van der Waals surface area contributed by atoms with Gasteiger partial charge in [0.2, 0.25) is 0 Å². The zero-order valence-electron chi connectivity index (χ0n) is 26.2. The van der Waals surface area contributed by atoms with E-state index in [9.17, 15) is 19.2 Å². The van der Waals surface area contributed by atoms with Crippen LogP contribution in [-0.4, -0.2) is 68.7 Å². The molecule has 15 nitrogen and oxygen atoms in total.